The van der Waals surface area contributed by atoms with E-state index in [0.29, 0.717) is 24.5 Å². The van der Waals surface area contributed by atoms with E-state index in [1.807, 2.05) is 31.3 Å². The van der Waals surface area contributed by atoms with Crippen molar-refractivity contribution < 1.29 is 4.79 Å². The number of hydrogen-bond donors (Lipinski definition) is 0. The van der Waals surface area contributed by atoms with Gasteiger partial charge in [-0.15, -0.1) is 0 Å². The SMILES string of the molecule is CC(C)Cc1ccc(C(C)C(=O)n2ccc3c(-c4cnn(CCC#N)c4)ncnc32)cc1. The van der Waals surface area contributed by atoms with Crippen molar-refractivity contribution in [2.45, 2.75) is 46.1 Å². The van der Waals surface area contributed by atoms with Gasteiger partial charge in [0, 0.05) is 23.3 Å². The summed E-state index contributed by atoms with van der Waals surface area (Å²) in [4.78, 5) is 22.1. The second kappa shape index (κ2) is 9.15. The number of carbonyl (C=O) groups excluding carboxylic acids is 1. The number of nitrogens with zero attached hydrogens (tertiary/aromatic N) is 6. The van der Waals surface area contributed by atoms with E-state index < -0.39 is 0 Å². The van der Waals surface area contributed by atoms with Crippen LogP contribution in [-0.2, 0) is 13.0 Å². The molecule has 0 radical (unpaired) electrons. The average molecular weight is 427 g/mol. The van der Waals surface area contributed by atoms with Crippen LogP contribution in [0.3, 0.4) is 0 Å². The molecule has 3 heterocycles. The number of carbonyl (C=O) groups is 1. The molecule has 0 spiro atoms. The molecule has 1 unspecified atom stereocenters. The van der Waals surface area contributed by atoms with Gasteiger partial charge in [0.1, 0.15) is 6.33 Å². The first-order valence-electron chi connectivity index (χ1n) is 10.8. The minimum absolute atomic E-state index is 0.0361. The lowest BCUT2D eigenvalue weighted by Crippen LogP contribution is -2.17. The molecule has 0 saturated heterocycles. The lowest BCUT2D eigenvalue weighted by atomic mass is 9.96. The molecule has 32 heavy (non-hydrogen) atoms. The van der Waals surface area contributed by atoms with Gasteiger partial charge < -0.3 is 0 Å². The van der Waals surface area contributed by atoms with Crippen molar-refractivity contribution in [3.8, 4) is 17.3 Å². The van der Waals surface area contributed by atoms with Crippen LogP contribution in [-0.4, -0.2) is 30.2 Å². The number of fused-ring (bicyclic) bond motifs is 1. The van der Waals surface area contributed by atoms with Crippen LogP contribution in [0.1, 0.15) is 49.0 Å². The van der Waals surface area contributed by atoms with Crippen LogP contribution in [0.2, 0.25) is 0 Å². The fourth-order valence-corrected chi connectivity index (χ4v) is 3.90. The first-order valence-corrected chi connectivity index (χ1v) is 10.8. The van der Waals surface area contributed by atoms with E-state index >= 15 is 0 Å². The van der Waals surface area contributed by atoms with Gasteiger partial charge in [-0.05, 0) is 36.5 Å². The van der Waals surface area contributed by atoms with E-state index in [2.05, 4.69) is 47.1 Å². The van der Waals surface area contributed by atoms with E-state index in [1.165, 1.54) is 11.9 Å². The van der Waals surface area contributed by atoms with Gasteiger partial charge in [-0.2, -0.15) is 10.4 Å². The summed E-state index contributed by atoms with van der Waals surface area (Å²) in [6, 6.07) is 12.3. The molecule has 0 bridgehead atoms. The maximum absolute atomic E-state index is 13.3. The Labute approximate surface area is 187 Å². The van der Waals surface area contributed by atoms with E-state index in [4.69, 9.17) is 5.26 Å². The van der Waals surface area contributed by atoms with E-state index in [1.54, 1.807) is 21.6 Å². The molecule has 0 aliphatic carbocycles. The highest BCUT2D eigenvalue weighted by molar-refractivity contribution is 5.98. The van der Waals surface area contributed by atoms with Gasteiger partial charge in [-0.1, -0.05) is 38.1 Å². The minimum atomic E-state index is -0.300. The van der Waals surface area contributed by atoms with Gasteiger partial charge in [0.05, 0.1) is 36.8 Å². The Morgan fingerprint density at radius 1 is 1.12 bits per heavy atom. The predicted octanol–water partition coefficient (Wildman–Crippen LogP) is 4.85. The Kier molecular flexibility index (Phi) is 6.13. The number of benzene rings is 1. The van der Waals surface area contributed by atoms with Crippen LogP contribution < -0.4 is 0 Å². The Bertz CT molecular complexity index is 1280. The summed E-state index contributed by atoms with van der Waals surface area (Å²) in [5, 5.41) is 13.9. The van der Waals surface area contributed by atoms with Crippen LogP contribution in [0.15, 0.2) is 55.2 Å². The smallest absolute Gasteiger partial charge is 0.239 e. The second-order valence-corrected chi connectivity index (χ2v) is 8.44. The topological polar surface area (TPSA) is 89.4 Å². The Morgan fingerprint density at radius 3 is 2.62 bits per heavy atom. The van der Waals surface area contributed by atoms with Crippen LogP contribution in [0.4, 0.5) is 0 Å². The first-order chi connectivity index (χ1) is 15.5. The van der Waals surface area contributed by atoms with Gasteiger partial charge in [0.2, 0.25) is 5.91 Å². The van der Waals surface area contributed by atoms with Gasteiger partial charge in [-0.25, -0.2) is 9.97 Å². The third kappa shape index (κ3) is 4.30. The van der Waals surface area contributed by atoms with Crippen LogP contribution >= 0.6 is 0 Å². The summed E-state index contributed by atoms with van der Waals surface area (Å²) < 4.78 is 3.33. The maximum Gasteiger partial charge on any atom is 0.239 e. The van der Waals surface area contributed by atoms with Crippen LogP contribution in [0, 0.1) is 17.2 Å². The molecule has 0 aliphatic heterocycles. The summed E-state index contributed by atoms with van der Waals surface area (Å²) in [5.41, 5.74) is 4.39. The van der Waals surface area contributed by atoms with Gasteiger partial charge in [0.25, 0.3) is 0 Å². The Balaban J connectivity index is 1.61. The average Bonchev–Trinajstić information content (AvgIpc) is 3.44. The number of hydrogen-bond acceptors (Lipinski definition) is 5. The molecule has 1 atom stereocenters. The third-order valence-corrected chi connectivity index (χ3v) is 5.57. The van der Waals surface area contributed by atoms with Crippen molar-refractivity contribution in [1.29, 1.82) is 5.26 Å². The largest absolute Gasteiger partial charge is 0.273 e. The predicted molar refractivity (Wildman–Crippen MR) is 123 cm³/mol. The zero-order valence-electron chi connectivity index (χ0n) is 18.6. The quantitative estimate of drug-likeness (QED) is 0.421. The zero-order chi connectivity index (χ0) is 22.7. The van der Waals surface area contributed by atoms with E-state index in [-0.39, 0.29) is 11.8 Å². The van der Waals surface area contributed by atoms with Crippen molar-refractivity contribution in [1.82, 2.24) is 24.3 Å². The summed E-state index contributed by atoms with van der Waals surface area (Å²) in [6.07, 6.45) is 8.23. The zero-order valence-corrected chi connectivity index (χ0v) is 18.6. The minimum Gasteiger partial charge on any atom is -0.273 e. The van der Waals surface area contributed by atoms with Gasteiger partial charge in [0.15, 0.2) is 5.65 Å². The van der Waals surface area contributed by atoms with Crippen molar-refractivity contribution in [3.05, 3.63) is 66.4 Å². The number of aryl methyl sites for hydroxylation is 1. The molecule has 1 aromatic carbocycles. The van der Waals surface area contributed by atoms with Crippen molar-refractivity contribution in [2.75, 3.05) is 0 Å². The Hall–Kier alpha value is -3.79. The standard InChI is InChI=1S/C25H26N6O/c1-17(2)13-19-5-7-20(8-6-19)18(3)25(32)31-12-9-22-23(27-16-28-24(22)31)21-14-29-30(15-21)11-4-10-26/h5-9,12,14-18H,4,11,13H2,1-3H3. The third-order valence-electron chi connectivity index (χ3n) is 5.57. The molecule has 4 aromatic rings. The molecule has 7 heteroatoms. The summed E-state index contributed by atoms with van der Waals surface area (Å²) >= 11 is 0. The fraction of sp³-hybridized carbons (Fsp3) is 0.320. The van der Waals surface area contributed by atoms with Gasteiger partial charge in [-0.3, -0.25) is 14.0 Å². The lowest BCUT2D eigenvalue weighted by molar-refractivity contribution is 0.0889. The summed E-state index contributed by atoms with van der Waals surface area (Å²) in [6.45, 7) is 6.85. The molecule has 7 nitrogen and oxygen atoms in total. The fourth-order valence-electron chi connectivity index (χ4n) is 3.90. The van der Waals surface area contributed by atoms with Crippen molar-refractivity contribution in [3.63, 3.8) is 0 Å². The molecular formula is C25H26N6O. The van der Waals surface area contributed by atoms with Crippen LogP contribution in [0.25, 0.3) is 22.3 Å². The number of nitriles is 1. The molecule has 4 rings (SSSR count). The highest BCUT2D eigenvalue weighted by atomic mass is 16.2. The maximum atomic E-state index is 13.3. The molecule has 0 saturated carbocycles. The highest BCUT2D eigenvalue weighted by Gasteiger charge is 2.21. The highest BCUT2D eigenvalue weighted by Crippen LogP contribution is 2.28. The molecule has 0 aliphatic rings. The molecular weight excluding hydrogens is 400 g/mol. The lowest BCUT2D eigenvalue weighted by Gasteiger charge is -2.13. The van der Waals surface area contributed by atoms with Gasteiger partial charge >= 0.3 is 0 Å². The number of rotatable bonds is 7. The molecule has 0 amide bonds. The molecule has 0 N–H and O–H groups in total. The van der Waals surface area contributed by atoms with Crippen LogP contribution in [0.5, 0.6) is 0 Å². The molecule has 0 fully saturated rings. The molecule has 3 aromatic heterocycles. The summed E-state index contributed by atoms with van der Waals surface area (Å²) in [7, 11) is 0. The molecule has 162 valence electrons. The van der Waals surface area contributed by atoms with Crippen molar-refractivity contribution in [2.24, 2.45) is 5.92 Å². The normalized spacial score (nSPS) is 12.2. The summed E-state index contributed by atoms with van der Waals surface area (Å²) in [5.74, 6) is 0.260. The Morgan fingerprint density at radius 2 is 1.91 bits per heavy atom. The monoisotopic (exact) mass is 426 g/mol. The van der Waals surface area contributed by atoms with E-state index in [9.17, 15) is 4.79 Å². The first kappa shape index (κ1) is 21.4. The second-order valence-electron chi connectivity index (χ2n) is 8.44. The number of aromatic nitrogens is 5. The van der Waals surface area contributed by atoms with Crippen molar-refractivity contribution >= 4 is 16.9 Å². The van der Waals surface area contributed by atoms with E-state index in [0.717, 1.165) is 28.6 Å².